The number of aromatic nitrogens is 1. The van der Waals surface area contributed by atoms with Gasteiger partial charge in [-0.3, -0.25) is 4.79 Å². The highest BCUT2D eigenvalue weighted by molar-refractivity contribution is 9.10. The Hall–Kier alpha value is -2.09. The molecule has 132 valence electrons. The second kappa shape index (κ2) is 7.03. The molecule has 1 aromatic carbocycles. The van der Waals surface area contributed by atoms with E-state index in [-0.39, 0.29) is 18.2 Å². The van der Waals surface area contributed by atoms with E-state index in [1.165, 1.54) is 23.1 Å². The number of pyridine rings is 1. The monoisotopic (exact) mass is 414 g/mol. The summed E-state index contributed by atoms with van der Waals surface area (Å²) in [5, 5.41) is 0. The number of halogens is 4. The van der Waals surface area contributed by atoms with Crippen molar-refractivity contribution in [1.29, 1.82) is 0 Å². The number of hydrogen-bond acceptors (Lipinski definition) is 3. The van der Waals surface area contributed by atoms with E-state index in [4.69, 9.17) is 4.74 Å². The molecule has 4 nitrogen and oxygen atoms in total. The van der Waals surface area contributed by atoms with Crippen LogP contribution in [0.2, 0.25) is 0 Å². The zero-order valence-electron chi connectivity index (χ0n) is 13.0. The Balaban J connectivity index is 1.70. The Bertz CT molecular complexity index is 765. The summed E-state index contributed by atoms with van der Waals surface area (Å²) < 4.78 is 45.8. The van der Waals surface area contributed by atoms with Crippen molar-refractivity contribution in [2.24, 2.45) is 0 Å². The van der Waals surface area contributed by atoms with Crippen molar-refractivity contribution in [3.8, 4) is 5.88 Å². The Morgan fingerprint density at radius 3 is 2.68 bits per heavy atom. The number of likely N-dealkylation sites (tertiary alicyclic amines) is 1. The van der Waals surface area contributed by atoms with Crippen LogP contribution in [0.1, 0.15) is 22.3 Å². The van der Waals surface area contributed by atoms with Crippen LogP contribution >= 0.6 is 15.9 Å². The molecule has 0 bridgehead atoms. The minimum absolute atomic E-state index is 0.225. The van der Waals surface area contributed by atoms with Crippen LogP contribution in [-0.2, 0) is 6.18 Å². The minimum Gasteiger partial charge on any atom is -0.472 e. The van der Waals surface area contributed by atoms with Crippen molar-refractivity contribution in [1.82, 2.24) is 9.88 Å². The van der Waals surface area contributed by atoms with Gasteiger partial charge in [-0.1, -0.05) is 12.1 Å². The van der Waals surface area contributed by atoms with Gasteiger partial charge in [0.25, 0.3) is 5.91 Å². The molecule has 0 saturated carbocycles. The Morgan fingerprint density at radius 2 is 2.00 bits per heavy atom. The molecule has 2 heterocycles. The first kappa shape index (κ1) is 17.7. The molecule has 0 radical (unpaired) electrons. The standard InChI is InChI=1S/C17H14BrF3N2O2/c18-11-5-6-15(22-9-11)25-12-7-8-23(10-12)16(24)13-3-1-2-4-14(13)17(19,20)21/h1-6,9,12H,7-8,10H2/t12-/m0/s1. The molecule has 0 aliphatic carbocycles. The molecule has 0 N–H and O–H groups in total. The highest BCUT2D eigenvalue weighted by atomic mass is 79.9. The molecular weight excluding hydrogens is 401 g/mol. The van der Waals surface area contributed by atoms with Crippen LogP contribution in [0.5, 0.6) is 5.88 Å². The Labute approximate surface area is 150 Å². The van der Waals surface area contributed by atoms with Gasteiger partial charge < -0.3 is 9.64 Å². The largest absolute Gasteiger partial charge is 0.472 e. The lowest BCUT2D eigenvalue weighted by Crippen LogP contribution is -2.32. The third-order valence-electron chi connectivity index (χ3n) is 3.88. The molecule has 25 heavy (non-hydrogen) atoms. The van der Waals surface area contributed by atoms with Crippen LogP contribution in [0.4, 0.5) is 13.2 Å². The summed E-state index contributed by atoms with van der Waals surface area (Å²) in [6.07, 6.45) is -2.73. The van der Waals surface area contributed by atoms with Gasteiger partial charge in [0.1, 0.15) is 6.10 Å². The van der Waals surface area contributed by atoms with E-state index in [0.29, 0.717) is 18.8 Å². The molecule has 0 unspecified atom stereocenters. The van der Waals surface area contributed by atoms with E-state index in [0.717, 1.165) is 10.5 Å². The van der Waals surface area contributed by atoms with Gasteiger partial charge in [-0.05, 0) is 34.1 Å². The van der Waals surface area contributed by atoms with Gasteiger partial charge in [-0.2, -0.15) is 13.2 Å². The average molecular weight is 415 g/mol. The van der Waals surface area contributed by atoms with Gasteiger partial charge in [-0.25, -0.2) is 4.98 Å². The fraction of sp³-hybridized carbons (Fsp3) is 0.294. The number of rotatable bonds is 3. The molecule has 1 fully saturated rings. The minimum atomic E-state index is -4.57. The lowest BCUT2D eigenvalue weighted by Gasteiger charge is -2.19. The van der Waals surface area contributed by atoms with Crippen LogP contribution in [0.15, 0.2) is 47.1 Å². The second-order valence-electron chi connectivity index (χ2n) is 5.64. The maximum atomic E-state index is 13.1. The SMILES string of the molecule is O=C(c1ccccc1C(F)(F)F)N1CC[C@H](Oc2ccc(Br)cn2)C1. The van der Waals surface area contributed by atoms with Gasteiger partial charge in [0.05, 0.1) is 17.7 Å². The average Bonchev–Trinajstić information content (AvgIpc) is 3.04. The number of alkyl halides is 3. The van der Waals surface area contributed by atoms with Crippen LogP contribution in [0.3, 0.4) is 0 Å². The smallest absolute Gasteiger partial charge is 0.417 e. The summed E-state index contributed by atoms with van der Waals surface area (Å²) in [4.78, 5) is 18.0. The van der Waals surface area contributed by atoms with Gasteiger partial charge in [-0.15, -0.1) is 0 Å². The van der Waals surface area contributed by atoms with E-state index >= 15 is 0 Å². The number of nitrogens with zero attached hydrogens (tertiary/aromatic N) is 2. The predicted molar refractivity (Wildman–Crippen MR) is 88.3 cm³/mol. The second-order valence-corrected chi connectivity index (χ2v) is 6.55. The topological polar surface area (TPSA) is 42.4 Å². The van der Waals surface area contributed by atoms with Gasteiger partial charge >= 0.3 is 6.18 Å². The fourth-order valence-electron chi connectivity index (χ4n) is 2.70. The normalized spacial score (nSPS) is 17.6. The molecule has 1 atom stereocenters. The van der Waals surface area contributed by atoms with Crippen LogP contribution in [0, 0.1) is 0 Å². The first-order chi connectivity index (χ1) is 11.8. The van der Waals surface area contributed by atoms with E-state index < -0.39 is 17.6 Å². The molecule has 1 aromatic heterocycles. The molecule has 3 rings (SSSR count). The number of carbonyl (C=O) groups excluding carboxylic acids is 1. The first-order valence-corrected chi connectivity index (χ1v) is 8.37. The molecule has 1 aliphatic heterocycles. The Morgan fingerprint density at radius 1 is 1.24 bits per heavy atom. The van der Waals surface area contributed by atoms with E-state index in [1.54, 1.807) is 18.3 Å². The number of amides is 1. The number of ether oxygens (including phenoxy) is 1. The predicted octanol–water partition coefficient (Wildman–Crippen LogP) is 4.16. The van der Waals surface area contributed by atoms with E-state index in [2.05, 4.69) is 20.9 Å². The van der Waals surface area contributed by atoms with Crippen LogP contribution in [-0.4, -0.2) is 35.0 Å². The highest BCUT2D eigenvalue weighted by Crippen LogP contribution is 2.33. The maximum absolute atomic E-state index is 13.1. The van der Waals surface area contributed by atoms with Gasteiger partial charge in [0, 0.05) is 29.7 Å². The third kappa shape index (κ3) is 4.12. The Kier molecular flexibility index (Phi) is 4.99. The number of carbonyl (C=O) groups is 1. The summed E-state index contributed by atoms with van der Waals surface area (Å²) >= 11 is 3.27. The third-order valence-corrected chi connectivity index (χ3v) is 4.35. The van der Waals surface area contributed by atoms with Gasteiger partial charge in [0.15, 0.2) is 0 Å². The van der Waals surface area contributed by atoms with Crippen molar-refractivity contribution in [3.63, 3.8) is 0 Å². The number of benzene rings is 1. The quantitative estimate of drug-likeness (QED) is 0.757. The molecule has 1 saturated heterocycles. The lowest BCUT2D eigenvalue weighted by atomic mass is 10.1. The van der Waals surface area contributed by atoms with E-state index in [1.807, 2.05) is 0 Å². The molecular formula is C17H14BrF3N2O2. The lowest BCUT2D eigenvalue weighted by molar-refractivity contribution is -0.138. The summed E-state index contributed by atoms with van der Waals surface area (Å²) in [6, 6.07) is 8.29. The molecule has 2 aromatic rings. The number of hydrogen-bond donors (Lipinski definition) is 0. The summed E-state index contributed by atoms with van der Waals surface area (Å²) in [7, 11) is 0. The maximum Gasteiger partial charge on any atom is 0.417 e. The van der Waals surface area contributed by atoms with Crippen LogP contribution < -0.4 is 4.74 Å². The van der Waals surface area contributed by atoms with E-state index in [9.17, 15) is 18.0 Å². The van der Waals surface area contributed by atoms with Crippen molar-refractivity contribution in [2.45, 2.75) is 18.7 Å². The molecule has 1 amide bonds. The van der Waals surface area contributed by atoms with Crippen molar-refractivity contribution in [3.05, 3.63) is 58.2 Å². The molecule has 8 heteroatoms. The van der Waals surface area contributed by atoms with Crippen molar-refractivity contribution < 1.29 is 22.7 Å². The van der Waals surface area contributed by atoms with Crippen molar-refractivity contribution >= 4 is 21.8 Å². The zero-order valence-corrected chi connectivity index (χ0v) is 14.5. The summed E-state index contributed by atoms with van der Waals surface area (Å²) in [5.41, 5.74) is -1.25. The van der Waals surface area contributed by atoms with Crippen LogP contribution in [0.25, 0.3) is 0 Å². The fourth-order valence-corrected chi connectivity index (χ4v) is 2.93. The molecule has 1 aliphatic rings. The molecule has 0 spiro atoms. The van der Waals surface area contributed by atoms with Crippen molar-refractivity contribution in [2.75, 3.05) is 13.1 Å². The highest BCUT2D eigenvalue weighted by Gasteiger charge is 2.37. The zero-order chi connectivity index (χ0) is 18.0. The summed E-state index contributed by atoms with van der Waals surface area (Å²) in [5.74, 6) is -0.221. The van der Waals surface area contributed by atoms with Gasteiger partial charge in [0.2, 0.25) is 5.88 Å². The first-order valence-electron chi connectivity index (χ1n) is 7.58. The summed E-state index contributed by atoms with van der Waals surface area (Å²) in [6.45, 7) is 0.564.